The Morgan fingerprint density at radius 1 is 1.31 bits per heavy atom. The molecule has 0 radical (unpaired) electrons. The summed E-state index contributed by atoms with van der Waals surface area (Å²) >= 11 is 0. The van der Waals surface area contributed by atoms with E-state index in [2.05, 4.69) is 15.0 Å². The van der Waals surface area contributed by atoms with Crippen LogP contribution >= 0.6 is 7.82 Å². The fourth-order valence-corrected chi connectivity index (χ4v) is 1.05. The van der Waals surface area contributed by atoms with Crippen LogP contribution in [0, 0.1) is 0 Å². The van der Waals surface area contributed by atoms with Gasteiger partial charge in [0.15, 0.2) is 0 Å². The van der Waals surface area contributed by atoms with Gasteiger partial charge in [0.25, 0.3) is 0 Å². The van der Waals surface area contributed by atoms with Crippen LogP contribution in [0.4, 0.5) is 0 Å². The summed E-state index contributed by atoms with van der Waals surface area (Å²) in [7, 11) is -4.37. The summed E-state index contributed by atoms with van der Waals surface area (Å²) < 4.78 is 18.7. The van der Waals surface area contributed by atoms with Crippen molar-refractivity contribution in [3.8, 4) is 5.75 Å². The predicted octanol–water partition coefficient (Wildman–Crippen LogP) is -2.57. The standard InChI is InChI=1S/C6H8NO4P.Na/c7-11-12(8,9)10-6-4-2-1-3-5-6;/h1-5H,7H2,(H,8,9);/q;+1/p-1. The van der Waals surface area contributed by atoms with Crippen LogP contribution in [-0.4, -0.2) is 0 Å². The van der Waals surface area contributed by atoms with Crippen molar-refractivity contribution in [2.45, 2.75) is 0 Å². The van der Waals surface area contributed by atoms with Crippen LogP contribution in [0.15, 0.2) is 30.3 Å². The molecule has 0 aliphatic carbocycles. The van der Waals surface area contributed by atoms with Gasteiger partial charge in [-0.05, 0) is 12.1 Å². The van der Waals surface area contributed by atoms with Gasteiger partial charge in [-0.25, -0.2) is 10.5 Å². The van der Waals surface area contributed by atoms with Gasteiger partial charge in [0.1, 0.15) is 5.75 Å². The summed E-state index contributed by atoms with van der Waals surface area (Å²) in [4.78, 5) is 10.6. The molecule has 0 saturated carbocycles. The van der Waals surface area contributed by atoms with Gasteiger partial charge in [0.2, 0.25) is 0 Å². The number of para-hydroxylation sites is 1. The first kappa shape index (κ1) is 13.1. The molecule has 0 saturated heterocycles. The molecule has 0 aromatic heterocycles. The van der Waals surface area contributed by atoms with E-state index < -0.39 is 7.82 Å². The maximum absolute atomic E-state index is 10.6. The Hall–Kier alpha value is 0.130. The molecule has 7 heteroatoms. The minimum atomic E-state index is -4.37. The van der Waals surface area contributed by atoms with Crippen molar-refractivity contribution in [2.24, 2.45) is 5.90 Å². The zero-order valence-electron chi connectivity index (χ0n) is 7.04. The maximum atomic E-state index is 10.6. The summed E-state index contributed by atoms with van der Waals surface area (Å²) in [6.07, 6.45) is 0. The third kappa shape index (κ3) is 4.78. The molecule has 0 aliphatic rings. The molecule has 1 aromatic rings. The first-order chi connectivity index (χ1) is 5.64. The molecule has 0 heterocycles. The Morgan fingerprint density at radius 2 is 1.85 bits per heavy atom. The Balaban J connectivity index is 0.00000144. The van der Waals surface area contributed by atoms with Crippen LogP contribution in [-0.2, 0) is 9.19 Å². The van der Waals surface area contributed by atoms with Crippen LogP contribution in [0.5, 0.6) is 5.75 Å². The molecule has 1 unspecified atom stereocenters. The van der Waals surface area contributed by atoms with Gasteiger partial charge in [-0.1, -0.05) is 18.2 Å². The summed E-state index contributed by atoms with van der Waals surface area (Å²) in [5, 5.41) is 0. The SMILES string of the molecule is NOP(=O)([O-])Oc1ccccc1.[Na+]. The van der Waals surface area contributed by atoms with Crippen LogP contribution in [0.2, 0.25) is 0 Å². The van der Waals surface area contributed by atoms with Gasteiger partial charge < -0.3 is 9.42 Å². The van der Waals surface area contributed by atoms with Gasteiger partial charge in [0, 0.05) is 0 Å². The number of rotatable bonds is 3. The van der Waals surface area contributed by atoms with E-state index in [0.717, 1.165) is 0 Å². The van der Waals surface area contributed by atoms with Crippen LogP contribution in [0.25, 0.3) is 0 Å². The van der Waals surface area contributed by atoms with E-state index >= 15 is 0 Å². The van der Waals surface area contributed by atoms with Gasteiger partial charge in [-0.15, -0.1) is 0 Å². The van der Waals surface area contributed by atoms with E-state index in [1.807, 2.05) is 0 Å². The quantitative estimate of drug-likeness (QED) is 0.337. The van der Waals surface area contributed by atoms with Gasteiger partial charge in [-0.2, -0.15) is 0 Å². The molecule has 5 nitrogen and oxygen atoms in total. The molecular weight excluding hydrogens is 204 g/mol. The number of phosphoric ester groups is 1. The molecule has 0 aliphatic heterocycles. The monoisotopic (exact) mass is 211 g/mol. The van der Waals surface area contributed by atoms with Crippen LogP contribution in [0.3, 0.4) is 0 Å². The first-order valence-electron chi connectivity index (χ1n) is 3.08. The van der Waals surface area contributed by atoms with Gasteiger partial charge in [0.05, 0.1) is 0 Å². The van der Waals surface area contributed by atoms with Crippen molar-refractivity contribution in [1.82, 2.24) is 0 Å². The van der Waals surface area contributed by atoms with Gasteiger partial charge in [-0.3, -0.25) is 4.57 Å². The van der Waals surface area contributed by atoms with Crippen molar-refractivity contribution in [1.29, 1.82) is 0 Å². The van der Waals surface area contributed by atoms with Crippen molar-refractivity contribution in [2.75, 3.05) is 0 Å². The minimum Gasteiger partial charge on any atom is -0.745 e. The number of nitrogens with two attached hydrogens (primary N) is 1. The molecule has 0 amide bonds. The maximum Gasteiger partial charge on any atom is 1.00 e. The van der Waals surface area contributed by atoms with Crippen molar-refractivity contribution in [3.63, 3.8) is 0 Å². The minimum absolute atomic E-state index is 0. The number of benzene rings is 1. The molecule has 1 rings (SSSR count). The van der Waals surface area contributed by atoms with E-state index in [9.17, 15) is 9.46 Å². The predicted molar refractivity (Wildman–Crippen MR) is 39.9 cm³/mol. The zero-order chi connectivity index (χ0) is 9.03. The molecule has 66 valence electrons. The van der Waals surface area contributed by atoms with E-state index in [1.165, 1.54) is 12.1 Å². The van der Waals surface area contributed by atoms with Crippen LogP contribution < -0.4 is 44.9 Å². The molecule has 13 heavy (non-hydrogen) atoms. The number of hydrogen-bond donors (Lipinski definition) is 1. The third-order valence-corrected chi connectivity index (χ3v) is 1.78. The smallest absolute Gasteiger partial charge is 0.745 e. The summed E-state index contributed by atoms with van der Waals surface area (Å²) in [6.45, 7) is 0. The van der Waals surface area contributed by atoms with E-state index in [-0.39, 0.29) is 35.3 Å². The average molecular weight is 211 g/mol. The first-order valence-corrected chi connectivity index (χ1v) is 4.54. The third-order valence-electron chi connectivity index (χ3n) is 1.09. The Kier molecular flexibility index (Phi) is 5.83. The fourth-order valence-electron chi connectivity index (χ4n) is 0.632. The number of phosphoric acid groups is 1. The second-order valence-corrected chi connectivity index (χ2v) is 3.24. The zero-order valence-corrected chi connectivity index (χ0v) is 9.94. The van der Waals surface area contributed by atoms with E-state index in [4.69, 9.17) is 0 Å². The molecule has 2 N–H and O–H groups in total. The van der Waals surface area contributed by atoms with Crippen LogP contribution in [0.1, 0.15) is 0 Å². The summed E-state index contributed by atoms with van der Waals surface area (Å²) in [5.74, 6) is 4.62. The van der Waals surface area contributed by atoms with Crippen molar-refractivity contribution >= 4 is 7.82 Å². The molecule has 0 fully saturated rings. The van der Waals surface area contributed by atoms with Crippen molar-refractivity contribution < 1.29 is 48.2 Å². The Labute approximate surface area is 97.7 Å². The molecule has 0 spiro atoms. The summed E-state index contributed by atoms with van der Waals surface area (Å²) in [6, 6.07) is 7.94. The average Bonchev–Trinajstić information content (AvgIpc) is 2.06. The Morgan fingerprint density at radius 3 is 2.31 bits per heavy atom. The second-order valence-electron chi connectivity index (χ2n) is 1.96. The Bertz CT molecular complexity index is 294. The largest absolute Gasteiger partial charge is 1.00 e. The van der Waals surface area contributed by atoms with E-state index in [1.54, 1.807) is 18.2 Å². The topological polar surface area (TPSA) is 84.6 Å². The van der Waals surface area contributed by atoms with Crippen molar-refractivity contribution in [3.05, 3.63) is 30.3 Å². The van der Waals surface area contributed by atoms with E-state index in [0.29, 0.717) is 0 Å². The molecule has 1 atom stereocenters. The number of hydrogen-bond acceptors (Lipinski definition) is 5. The molecular formula is C6H7NNaO4P. The molecule has 1 aromatic carbocycles. The summed E-state index contributed by atoms with van der Waals surface area (Å²) in [5.41, 5.74) is 0. The van der Waals surface area contributed by atoms with Gasteiger partial charge >= 0.3 is 37.4 Å². The second kappa shape index (κ2) is 5.78. The fraction of sp³-hybridized carbons (Fsp3) is 0. The normalized spacial score (nSPS) is 14.0. The molecule has 0 bridgehead atoms.